The predicted octanol–water partition coefficient (Wildman–Crippen LogP) is 0.915. The van der Waals surface area contributed by atoms with Gasteiger partial charge in [0.15, 0.2) is 0 Å². The van der Waals surface area contributed by atoms with Crippen molar-refractivity contribution in [3.05, 3.63) is 29.3 Å². The molecule has 0 spiro atoms. The fourth-order valence-corrected chi connectivity index (χ4v) is 2.98. The van der Waals surface area contributed by atoms with Gasteiger partial charge in [-0.15, -0.1) is 0 Å². The number of aromatic hydroxyl groups is 1. The van der Waals surface area contributed by atoms with Gasteiger partial charge in [0, 0.05) is 25.3 Å². The molecule has 1 unspecified atom stereocenters. The Morgan fingerprint density at radius 3 is 2.71 bits per heavy atom. The smallest absolute Gasteiger partial charge is 0.335 e. The molecule has 0 aromatic heterocycles. The van der Waals surface area contributed by atoms with E-state index in [9.17, 15) is 19.8 Å². The van der Waals surface area contributed by atoms with Crippen LogP contribution < -0.4 is 5.32 Å². The minimum Gasteiger partial charge on any atom is -0.508 e. The molecule has 4 N–H and O–H groups in total. The molecular weight excluding hydrogens is 312 g/mol. The van der Waals surface area contributed by atoms with Gasteiger partial charge in [-0.2, -0.15) is 0 Å². The summed E-state index contributed by atoms with van der Waals surface area (Å²) in [6.45, 7) is 3.43. The molecule has 1 aromatic rings. The van der Waals surface area contributed by atoms with Crippen LogP contribution in [0, 0.1) is 5.92 Å². The van der Waals surface area contributed by atoms with Crippen molar-refractivity contribution in [3.63, 3.8) is 0 Å². The number of piperidine rings is 1. The zero-order valence-electron chi connectivity index (χ0n) is 13.6. The van der Waals surface area contributed by atoms with Crippen LogP contribution in [0.4, 0.5) is 0 Å². The summed E-state index contributed by atoms with van der Waals surface area (Å²) >= 11 is 0. The van der Waals surface area contributed by atoms with E-state index >= 15 is 0 Å². The van der Waals surface area contributed by atoms with Crippen molar-refractivity contribution in [1.29, 1.82) is 0 Å². The van der Waals surface area contributed by atoms with E-state index in [-0.39, 0.29) is 23.5 Å². The maximum absolute atomic E-state index is 12.1. The first-order valence-corrected chi connectivity index (χ1v) is 8.18. The molecule has 1 amide bonds. The van der Waals surface area contributed by atoms with Gasteiger partial charge >= 0.3 is 5.97 Å². The molecule has 2 rings (SSSR count). The number of phenolic OH excluding ortho intramolecular Hbond substituents is 1. The van der Waals surface area contributed by atoms with Crippen LogP contribution in [0.1, 0.15) is 40.0 Å². The molecule has 0 aliphatic carbocycles. The molecule has 7 heteroatoms. The van der Waals surface area contributed by atoms with Gasteiger partial charge in [-0.05, 0) is 56.5 Å². The standard InChI is InChI=1S/C17H24N2O5/c20-11-12-3-1-5-19(10-12)6-2-4-18-16(22)13-7-14(17(23)24)9-15(21)8-13/h7-9,12,20-21H,1-6,10-11H2,(H,18,22)(H,23,24). The fourth-order valence-electron chi connectivity index (χ4n) is 2.98. The minimum absolute atomic E-state index is 0.122. The molecule has 1 atom stereocenters. The van der Waals surface area contributed by atoms with Crippen LogP contribution in [-0.4, -0.2) is 64.9 Å². The fraction of sp³-hybridized carbons (Fsp3) is 0.529. The maximum atomic E-state index is 12.1. The number of carboxylic acids is 1. The van der Waals surface area contributed by atoms with E-state index in [1.54, 1.807) is 0 Å². The number of phenols is 1. The number of aliphatic hydroxyl groups is 1. The second-order valence-electron chi connectivity index (χ2n) is 6.17. The number of likely N-dealkylation sites (tertiary alicyclic amines) is 1. The number of benzene rings is 1. The SMILES string of the molecule is O=C(O)c1cc(O)cc(C(=O)NCCCN2CCCC(CO)C2)c1. The minimum atomic E-state index is -1.19. The van der Waals surface area contributed by atoms with Gasteiger partial charge in [0.1, 0.15) is 5.75 Å². The molecule has 0 saturated carbocycles. The quantitative estimate of drug-likeness (QED) is 0.551. The summed E-state index contributed by atoms with van der Waals surface area (Å²) in [6.07, 6.45) is 2.92. The van der Waals surface area contributed by atoms with Gasteiger partial charge in [-0.25, -0.2) is 4.79 Å². The number of nitrogens with one attached hydrogen (secondary N) is 1. The van der Waals surface area contributed by atoms with Crippen molar-refractivity contribution >= 4 is 11.9 Å². The molecule has 7 nitrogen and oxygen atoms in total. The van der Waals surface area contributed by atoms with E-state index in [1.165, 1.54) is 12.1 Å². The van der Waals surface area contributed by atoms with Crippen molar-refractivity contribution in [2.45, 2.75) is 19.3 Å². The van der Waals surface area contributed by atoms with E-state index < -0.39 is 11.9 Å². The Labute approximate surface area is 140 Å². The number of carbonyl (C=O) groups is 2. The zero-order chi connectivity index (χ0) is 17.5. The predicted molar refractivity (Wildman–Crippen MR) is 88.3 cm³/mol. The lowest BCUT2D eigenvalue weighted by Gasteiger charge is -2.31. The molecule has 1 fully saturated rings. The summed E-state index contributed by atoms with van der Waals surface area (Å²) in [5.74, 6) is -1.50. The van der Waals surface area contributed by atoms with Gasteiger partial charge < -0.3 is 25.5 Å². The van der Waals surface area contributed by atoms with E-state index in [0.29, 0.717) is 12.5 Å². The Kier molecular flexibility index (Phi) is 6.57. The van der Waals surface area contributed by atoms with Gasteiger partial charge in [0.25, 0.3) is 5.91 Å². The Morgan fingerprint density at radius 2 is 2.00 bits per heavy atom. The molecule has 1 aliphatic rings. The molecule has 1 heterocycles. The monoisotopic (exact) mass is 336 g/mol. The third-order valence-electron chi connectivity index (χ3n) is 4.22. The maximum Gasteiger partial charge on any atom is 0.335 e. The number of hydrogen-bond acceptors (Lipinski definition) is 5. The highest BCUT2D eigenvalue weighted by atomic mass is 16.4. The molecule has 1 aliphatic heterocycles. The highest BCUT2D eigenvalue weighted by molar-refractivity contribution is 5.98. The summed E-state index contributed by atoms with van der Waals surface area (Å²) in [6, 6.07) is 3.60. The van der Waals surface area contributed by atoms with E-state index in [1.807, 2.05) is 0 Å². The van der Waals surface area contributed by atoms with Crippen LogP contribution in [0.2, 0.25) is 0 Å². The van der Waals surface area contributed by atoms with Crippen molar-refractivity contribution in [1.82, 2.24) is 10.2 Å². The number of amides is 1. The highest BCUT2D eigenvalue weighted by Gasteiger charge is 2.18. The lowest BCUT2D eigenvalue weighted by atomic mass is 9.99. The van der Waals surface area contributed by atoms with E-state index in [0.717, 1.165) is 45.0 Å². The highest BCUT2D eigenvalue weighted by Crippen LogP contribution is 2.17. The Balaban J connectivity index is 1.78. The molecule has 1 saturated heterocycles. The largest absolute Gasteiger partial charge is 0.508 e. The number of rotatable bonds is 7. The summed E-state index contributed by atoms with van der Waals surface area (Å²) in [5.41, 5.74) is 0.00855. The number of aromatic carboxylic acids is 1. The first kappa shape index (κ1) is 18.2. The summed E-state index contributed by atoms with van der Waals surface area (Å²) in [7, 11) is 0. The second-order valence-corrected chi connectivity index (χ2v) is 6.17. The van der Waals surface area contributed by atoms with Crippen LogP contribution in [0.3, 0.4) is 0 Å². The van der Waals surface area contributed by atoms with Gasteiger partial charge in [-0.3, -0.25) is 4.79 Å². The lowest BCUT2D eigenvalue weighted by molar-refractivity contribution is 0.0696. The van der Waals surface area contributed by atoms with Crippen molar-refractivity contribution in [2.24, 2.45) is 5.92 Å². The normalized spacial score (nSPS) is 18.3. The third-order valence-corrected chi connectivity index (χ3v) is 4.22. The average molecular weight is 336 g/mol. The molecule has 1 aromatic carbocycles. The van der Waals surface area contributed by atoms with E-state index in [4.69, 9.17) is 5.11 Å². The molecule has 0 radical (unpaired) electrons. The lowest BCUT2D eigenvalue weighted by Crippen LogP contribution is -2.38. The number of hydrogen-bond donors (Lipinski definition) is 4. The Morgan fingerprint density at radius 1 is 1.25 bits per heavy atom. The number of nitrogens with zero attached hydrogens (tertiary/aromatic N) is 1. The molecule has 0 bridgehead atoms. The van der Waals surface area contributed by atoms with Crippen LogP contribution in [0.25, 0.3) is 0 Å². The van der Waals surface area contributed by atoms with Gasteiger partial charge in [0.2, 0.25) is 0 Å². The molecule has 132 valence electrons. The first-order valence-electron chi connectivity index (χ1n) is 8.18. The summed E-state index contributed by atoms with van der Waals surface area (Å²) in [5, 5.41) is 30.4. The zero-order valence-corrected chi connectivity index (χ0v) is 13.6. The van der Waals surface area contributed by atoms with Crippen molar-refractivity contribution in [2.75, 3.05) is 32.8 Å². The average Bonchev–Trinajstić information content (AvgIpc) is 2.58. The van der Waals surface area contributed by atoms with Crippen molar-refractivity contribution < 1.29 is 24.9 Å². The molecule has 24 heavy (non-hydrogen) atoms. The van der Waals surface area contributed by atoms with E-state index in [2.05, 4.69) is 10.2 Å². The topological polar surface area (TPSA) is 110 Å². The van der Waals surface area contributed by atoms with Crippen LogP contribution >= 0.6 is 0 Å². The first-order chi connectivity index (χ1) is 11.5. The Bertz CT molecular complexity index is 590. The summed E-state index contributed by atoms with van der Waals surface area (Å²) < 4.78 is 0. The Hall–Kier alpha value is -2.12. The third kappa shape index (κ3) is 5.21. The number of aliphatic hydroxyl groups excluding tert-OH is 1. The van der Waals surface area contributed by atoms with Crippen LogP contribution in [-0.2, 0) is 0 Å². The number of carbonyl (C=O) groups excluding carboxylic acids is 1. The second kappa shape index (κ2) is 8.65. The summed E-state index contributed by atoms with van der Waals surface area (Å²) in [4.78, 5) is 25.3. The molecular formula is C17H24N2O5. The van der Waals surface area contributed by atoms with Gasteiger partial charge in [0.05, 0.1) is 5.56 Å². The van der Waals surface area contributed by atoms with Gasteiger partial charge in [-0.1, -0.05) is 0 Å². The number of carboxylic acid groups (broad SMARTS) is 1. The van der Waals surface area contributed by atoms with Crippen LogP contribution in [0.5, 0.6) is 5.75 Å². The van der Waals surface area contributed by atoms with Crippen molar-refractivity contribution in [3.8, 4) is 5.75 Å². The van der Waals surface area contributed by atoms with Crippen LogP contribution in [0.15, 0.2) is 18.2 Å².